The second-order valence-electron chi connectivity index (χ2n) is 9.59. The number of imidazole rings is 1. The van der Waals surface area contributed by atoms with Gasteiger partial charge in [-0.2, -0.15) is 0 Å². The SMILES string of the molecule is COc1cccc(C(OCC2CC(O)CN2C(=O)Cn2ccnc2)(c2ccccc2)c2ccccc2)c1OC. The lowest BCUT2D eigenvalue weighted by atomic mass is 9.79. The molecule has 0 bridgehead atoms. The van der Waals surface area contributed by atoms with Crippen molar-refractivity contribution in [2.75, 3.05) is 27.4 Å². The number of methoxy groups -OCH3 is 2. The molecular formula is C31H33N3O5. The van der Waals surface area contributed by atoms with Crippen LogP contribution in [0.1, 0.15) is 23.1 Å². The van der Waals surface area contributed by atoms with Crippen molar-refractivity contribution < 1.29 is 24.1 Å². The molecular weight excluding hydrogens is 494 g/mol. The predicted octanol–water partition coefficient (Wildman–Crippen LogP) is 3.87. The highest BCUT2D eigenvalue weighted by Crippen LogP contribution is 2.47. The van der Waals surface area contributed by atoms with E-state index >= 15 is 0 Å². The van der Waals surface area contributed by atoms with E-state index in [9.17, 15) is 9.90 Å². The molecule has 5 rings (SSSR count). The summed E-state index contributed by atoms with van der Waals surface area (Å²) in [5, 5.41) is 10.6. The third-order valence-corrected chi connectivity index (χ3v) is 7.22. The second-order valence-corrected chi connectivity index (χ2v) is 9.59. The highest BCUT2D eigenvalue weighted by Gasteiger charge is 2.43. The Balaban J connectivity index is 1.58. The third kappa shape index (κ3) is 5.26. The van der Waals surface area contributed by atoms with Gasteiger partial charge in [-0.3, -0.25) is 4.79 Å². The maximum Gasteiger partial charge on any atom is 0.242 e. The van der Waals surface area contributed by atoms with Crippen molar-refractivity contribution in [2.45, 2.75) is 30.7 Å². The first kappa shape index (κ1) is 26.5. The van der Waals surface area contributed by atoms with Crippen molar-refractivity contribution >= 4 is 5.91 Å². The zero-order valence-corrected chi connectivity index (χ0v) is 22.1. The van der Waals surface area contributed by atoms with Crippen molar-refractivity contribution in [3.8, 4) is 11.5 Å². The summed E-state index contributed by atoms with van der Waals surface area (Å²) in [5.41, 5.74) is 1.49. The molecule has 3 aromatic carbocycles. The number of ether oxygens (including phenoxy) is 3. The van der Waals surface area contributed by atoms with Crippen molar-refractivity contribution in [1.29, 1.82) is 0 Å². The monoisotopic (exact) mass is 527 g/mol. The second kappa shape index (κ2) is 11.7. The molecule has 4 aromatic rings. The molecule has 1 aliphatic rings. The first-order valence-electron chi connectivity index (χ1n) is 13.0. The van der Waals surface area contributed by atoms with E-state index in [0.29, 0.717) is 17.9 Å². The predicted molar refractivity (Wildman–Crippen MR) is 147 cm³/mol. The summed E-state index contributed by atoms with van der Waals surface area (Å²) in [7, 11) is 3.23. The Morgan fingerprint density at radius 3 is 2.26 bits per heavy atom. The molecule has 1 saturated heterocycles. The fourth-order valence-electron chi connectivity index (χ4n) is 5.44. The van der Waals surface area contributed by atoms with Gasteiger partial charge in [0.2, 0.25) is 5.91 Å². The van der Waals surface area contributed by atoms with Gasteiger partial charge in [-0.15, -0.1) is 0 Å². The van der Waals surface area contributed by atoms with Crippen LogP contribution < -0.4 is 9.47 Å². The van der Waals surface area contributed by atoms with Crippen LogP contribution >= 0.6 is 0 Å². The fraction of sp³-hybridized carbons (Fsp3) is 0.290. The smallest absolute Gasteiger partial charge is 0.242 e. The highest BCUT2D eigenvalue weighted by atomic mass is 16.5. The Morgan fingerprint density at radius 1 is 0.974 bits per heavy atom. The van der Waals surface area contributed by atoms with E-state index in [-0.39, 0.29) is 31.6 Å². The van der Waals surface area contributed by atoms with Crippen molar-refractivity contribution in [1.82, 2.24) is 14.5 Å². The van der Waals surface area contributed by atoms with E-state index < -0.39 is 11.7 Å². The summed E-state index contributed by atoms with van der Waals surface area (Å²) in [6, 6.07) is 25.4. The maximum absolute atomic E-state index is 13.3. The van der Waals surface area contributed by atoms with Crippen LogP contribution in [0.4, 0.5) is 0 Å². The van der Waals surface area contributed by atoms with Gasteiger partial charge in [0.1, 0.15) is 12.1 Å². The molecule has 202 valence electrons. The van der Waals surface area contributed by atoms with E-state index in [1.165, 1.54) is 0 Å². The minimum Gasteiger partial charge on any atom is -0.493 e. The standard InChI is InChI=1S/C31H33N3O5/c1-37-28-15-9-14-27(30(28)38-2)31(23-10-5-3-6-11-23,24-12-7-4-8-13-24)39-21-25-18-26(35)19-34(25)29(36)20-33-17-16-32-22-33/h3-17,22,25-26,35H,18-21H2,1-2H3. The number of rotatable bonds is 10. The van der Waals surface area contributed by atoms with Crippen LogP contribution in [0.15, 0.2) is 97.6 Å². The molecule has 8 nitrogen and oxygen atoms in total. The summed E-state index contributed by atoms with van der Waals surface area (Å²) < 4.78 is 20.3. The molecule has 1 aromatic heterocycles. The third-order valence-electron chi connectivity index (χ3n) is 7.22. The normalized spacial score (nSPS) is 17.3. The molecule has 2 atom stereocenters. The summed E-state index contributed by atoms with van der Waals surface area (Å²) in [5.74, 6) is 1.05. The van der Waals surface area contributed by atoms with Gasteiger partial charge in [0.25, 0.3) is 0 Å². The van der Waals surface area contributed by atoms with Gasteiger partial charge in [-0.1, -0.05) is 72.8 Å². The van der Waals surface area contributed by atoms with Gasteiger partial charge in [0.15, 0.2) is 11.5 Å². The molecule has 0 spiro atoms. The minimum absolute atomic E-state index is 0.0952. The van der Waals surface area contributed by atoms with Crippen LogP contribution in [0.25, 0.3) is 0 Å². The molecule has 1 fully saturated rings. The lowest BCUT2D eigenvalue weighted by Crippen LogP contribution is -2.43. The average molecular weight is 528 g/mol. The van der Waals surface area contributed by atoms with Gasteiger partial charge >= 0.3 is 0 Å². The lowest BCUT2D eigenvalue weighted by Gasteiger charge is -2.38. The van der Waals surface area contributed by atoms with E-state index in [4.69, 9.17) is 14.2 Å². The van der Waals surface area contributed by atoms with E-state index in [1.807, 2.05) is 78.9 Å². The Morgan fingerprint density at radius 2 is 1.67 bits per heavy atom. The van der Waals surface area contributed by atoms with Gasteiger partial charge < -0.3 is 28.8 Å². The molecule has 0 saturated carbocycles. The molecule has 2 heterocycles. The number of carbonyl (C=O) groups is 1. The number of aliphatic hydroxyl groups is 1. The number of benzene rings is 3. The average Bonchev–Trinajstić information content (AvgIpc) is 3.63. The Kier molecular flexibility index (Phi) is 7.95. The van der Waals surface area contributed by atoms with Crippen LogP contribution in [-0.4, -0.2) is 65.0 Å². The van der Waals surface area contributed by atoms with Gasteiger partial charge in [0, 0.05) is 24.5 Å². The minimum atomic E-state index is -1.09. The summed E-state index contributed by atoms with van der Waals surface area (Å²) >= 11 is 0. The number of para-hydroxylation sites is 1. The molecule has 1 amide bonds. The number of likely N-dealkylation sites (tertiary alicyclic amines) is 1. The molecule has 0 aliphatic carbocycles. The molecule has 1 N–H and O–H groups in total. The summed E-state index contributed by atoms with van der Waals surface area (Å²) in [4.78, 5) is 19.0. The lowest BCUT2D eigenvalue weighted by molar-refractivity contribution is -0.135. The van der Waals surface area contributed by atoms with Crippen molar-refractivity contribution in [3.05, 3.63) is 114 Å². The number of aromatic nitrogens is 2. The van der Waals surface area contributed by atoms with Crippen LogP contribution in [0.3, 0.4) is 0 Å². The van der Waals surface area contributed by atoms with Gasteiger partial charge in [-0.25, -0.2) is 4.98 Å². The number of aliphatic hydroxyl groups excluding tert-OH is 1. The van der Waals surface area contributed by atoms with Crippen LogP contribution in [0.5, 0.6) is 11.5 Å². The van der Waals surface area contributed by atoms with Gasteiger partial charge in [0.05, 0.1) is 39.3 Å². The number of amides is 1. The van der Waals surface area contributed by atoms with Gasteiger partial charge in [-0.05, 0) is 23.6 Å². The zero-order valence-electron chi connectivity index (χ0n) is 22.1. The van der Waals surface area contributed by atoms with E-state index in [2.05, 4.69) is 4.98 Å². The highest BCUT2D eigenvalue weighted by molar-refractivity contribution is 5.76. The number of nitrogens with zero attached hydrogens (tertiary/aromatic N) is 3. The fourth-order valence-corrected chi connectivity index (χ4v) is 5.44. The van der Waals surface area contributed by atoms with E-state index in [1.54, 1.807) is 42.4 Å². The van der Waals surface area contributed by atoms with Crippen LogP contribution in [0.2, 0.25) is 0 Å². The Labute approximate surface area is 228 Å². The van der Waals surface area contributed by atoms with Crippen molar-refractivity contribution in [3.63, 3.8) is 0 Å². The number of hydrogen-bond acceptors (Lipinski definition) is 6. The summed E-state index contributed by atoms with van der Waals surface area (Å²) in [6.45, 7) is 0.597. The molecule has 8 heteroatoms. The molecule has 1 aliphatic heterocycles. The Bertz CT molecular complexity index is 1320. The first-order valence-corrected chi connectivity index (χ1v) is 13.0. The molecule has 2 unspecified atom stereocenters. The first-order chi connectivity index (χ1) is 19.1. The quantitative estimate of drug-likeness (QED) is 0.315. The zero-order chi connectivity index (χ0) is 27.2. The number of carbonyl (C=O) groups excluding carboxylic acids is 1. The Hall–Kier alpha value is -4.14. The van der Waals surface area contributed by atoms with Crippen LogP contribution in [-0.2, 0) is 21.7 Å². The van der Waals surface area contributed by atoms with Crippen molar-refractivity contribution in [2.24, 2.45) is 0 Å². The maximum atomic E-state index is 13.3. The molecule has 0 radical (unpaired) electrons. The number of β-amino-alcohol motifs (C(OH)–C–C–N with tert-alkyl or cyclic N) is 1. The van der Waals surface area contributed by atoms with E-state index in [0.717, 1.165) is 16.7 Å². The molecule has 39 heavy (non-hydrogen) atoms. The largest absolute Gasteiger partial charge is 0.493 e. The topological polar surface area (TPSA) is 86.0 Å². The van der Waals surface area contributed by atoms with Crippen LogP contribution in [0, 0.1) is 0 Å². The summed E-state index contributed by atoms with van der Waals surface area (Å²) in [6.07, 6.45) is 4.80. The number of hydrogen-bond donors (Lipinski definition) is 1.